The fraction of sp³-hybridized carbons (Fsp3) is 0.111. The first-order valence-corrected chi connectivity index (χ1v) is 6.22. The summed E-state index contributed by atoms with van der Waals surface area (Å²) in [6.45, 7) is 0. The summed E-state index contributed by atoms with van der Waals surface area (Å²) in [4.78, 5) is 16.0. The van der Waals surface area contributed by atoms with Gasteiger partial charge in [-0.25, -0.2) is 13.4 Å². The van der Waals surface area contributed by atoms with E-state index in [0.29, 0.717) is 10.9 Å². The number of hydrogen-bond donors (Lipinski definition) is 1. The number of fused-ring (bicyclic) bond motifs is 2. The first-order valence-electron chi connectivity index (χ1n) is 4.57. The molecule has 0 fully saturated rings. The highest BCUT2D eigenvalue weighted by atomic mass is 32.2. The van der Waals surface area contributed by atoms with E-state index in [1.165, 1.54) is 0 Å². The van der Waals surface area contributed by atoms with E-state index in [0.717, 1.165) is 4.57 Å². The molecule has 0 aliphatic carbocycles. The topological polar surface area (TPSA) is 81.1 Å². The van der Waals surface area contributed by atoms with Gasteiger partial charge < -0.3 is 0 Å². The van der Waals surface area contributed by atoms with E-state index in [4.69, 9.17) is 0 Å². The molecule has 82 valence electrons. The SMILES string of the molecule is O=c1c2ccccc2nc2n1CS(=O)(=O)N2. The zero-order valence-electron chi connectivity index (χ0n) is 8.04. The van der Waals surface area contributed by atoms with Gasteiger partial charge in [0.05, 0.1) is 10.9 Å². The zero-order chi connectivity index (χ0) is 11.3. The number of nitrogens with zero attached hydrogens (tertiary/aromatic N) is 2. The van der Waals surface area contributed by atoms with E-state index in [2.05, 4.69) is 9.71 Å². The van der Waals surface area contributed by atoms with Crippen molar-refractivity contribution in [2.24, 2.45) is 0 Å². The number of para-hydroxylation sites is 1. The summed E-state index contributed by atoms with van der Waals surface area (Å²) in [7, 11) is -3.46. The van der Waals surface area contributed by atoms with E-state index < -0.39 is 10.0 Å². The Kier molecular flexibility index (Phi) is 1.65. The summed E-state index contributed by atoms with van der Waals surface area (Å²) < 4.78 is 26.0. The van der Waals surface area contributed by atoms with Crippen molar-refractivity contribution < 1.29 is 8.42 Å². The van der Waals surface area contributed by atoms with Gasteiger partial charge in [-0.1, -0.05) is 12.1 Å². The van der Waals surface area contributed by atoms with E-state index in [9.17, 15) is 13.2 Å². The van der Waals surface area contributed by atoms with Crippen molar-refractivity contribution in [3.05, 3.63) is 34.6 Å². The maximum absolute atomic E-state index is 11.9. The average Bonchev–Trinajstić information content (AvgIpc) is 2.53. The molecule has 0 saturated carbocycles. The summed E-state index contributed by atoms with van der Waals surface area (Å²) in [6, 6.07) is 6.76. The van der Waals surface area contributed by atoms with Gasteiger partial charge in [-0.3, -0.25) is 14.1 Å². The Morgan fingerprint density at radius 2 is 2.06 bits per heavy atom. The molecule has 1 aromatic carbocycles. The lowest BCUT2D eigenvalue weighted by atomic mass is 10.2. The summed E-state index contributed by atoms with van der Waals surface area (Å²) in [5.74, 6) is -0.275. The van der Waals surface area contributed by atoms with Gasteiger partial charge in [0.25, 0.3) is 15.6 Å². The Labute approximate surface area is 90.6 Å². The Hall–Kier alpha value is -1.89. The molecule has 3 rings (SSSR count). The normalized spacial score (nSPS) is 17.0. The lowest BCUT2D eigenvalue weighted by Crippen LogP contribution is -2.19. The maximum Gasteiger partial charge on any atom is 0.263 e. The van der Waals surface area contributed by atoms with Gasteiger partial charge in [0, 0.05) is 0 Å². The monoisotopic (exact) mass is 237 g/mol. The van der Waals surface area contributed by atoms with Crippen LogP contribution in [0.3, 0.4) is 0 Å². The van der Waals surface area contributed by atoms with Crippen molar-refractivity contribution in [3.63, 3.8) is 0 Å². The largest absolute Gasteiger partial charge is 0.268 e. The molecular formula is C9H7N3O3S. The predicted octanol–water partition coefficient (Wildman–Crippen LogP) is 0.109. The van der Waals surface area contributed by atoms with E-state index >= 15 is 0 Å². The van der Waals surface area contributed by atoms with Crippen LogP contribution >= 0.6 is 0 Å². The Bertz CT molecular complexity index is 748. The first kappa shape index (κ1) is 9.34. The van der Waals surface area contributed by atoms with E-state index in [1.54, 1.807) is 24.3 Å². The minimum absolute atomic E-state index is 0.0868. The second kappa shape index (κ2) is 2.82. The molecule has 6 nitrogen and oxygen atoms in total. The van der Waals surface area contributed by atoms with E-state index in [-0.39, 0.29) is 17.4 Å². The van der Waals surface area contributed by atoms with Crippen molar-refractivity contribution in [1.29, 1.82) is 0 Å². The fourth-order valence-corrected chi connectivity index (χ4v) is 2.79. The van der Waals surface area contributed by atoms with Gasteiger partial charge in [0.1, 0.15) is 0 Å². The van der Waals surface area contributed by atoms with Crippen LogP contribution in [0.2, 0.25) is 0 Å². The maximum atomic E-state index is 11.9. The molecule has 2 aromatic rings. The molecule has 0 saturated heterocycles. The van der Waals surface area contributed by atoms with Gasteiger partial charge in [0.15, 0.2) is 5.88 Å². The number of hydrogen-bond acceptors (Lipinski definition) is 4. The minimum Gasteiger partial charge on any atom is -0.268 e. The summed E-state index contributed by atoms with van der Waals surface area (Å²) in [6.07, 6.45) is 0. The van der Waals surface area contributed by atoms with Gasteiger partial charge in [0.2, 0.25) is 5.95 Å². The second-order valence-corrected chi connectivity index (χ2v) is 5.22. The molecule has 7 heteroatoms. The van der Waals surface area contributed by atoms with Crippen molar-refractivity contribution in [2.75, 3.05) is 4.72 Å². The van der Waals surface area contributed by atoms with E-state index in [1.807, 2.05) is 0 Å². The molecule has 0 unspecified atom stereocenters. The predicted molar refractivity (Wildman–Crippen MR) is 58.5 cm³/mol. The molecule has 2 heterocycles. The molecule has 1 aliphatic heterocycles. The van der Waals surface area contributed by atoms with Crippen LogP contribution in [0.5, 0.6) is 0 Å². The fourth-order valence-electron chi connectivity index (χ4n) is 1.71. The molecule has 16 heavy (non-hydrogen) atoms. The Balaban J connectivity index is 2.45. The molecule has 1 aromatic heterocycles. The van der Waals surface area contributed by atoms with Gasteiger partial charge in [-0.2, -0.15) is 0 Å². The highest BCUT2D eigenvalue weighted by Crippen LogP contribution is 2.17. The number of nitrogens with one attached hydrogen (secondary N) is 1. The minimum atomic E-state index is -3.46. The Morgan fingerprint density at radius 1 is 1.31 bits per heavy atom. The number of sulfonamides is 1. The highest BCUT2D eigenvalue weighted by molar-refractivity contribution is 7.92. The molecule has 0 amide bonds. The van der Waals surface area contributed by atoms with Gasteiger partial charge >= 0.3 is 0 Å². The molecule has 0 atom stereocenters. The van der Waals surface area contributed by atoms with Crippen LogP contribution in [0.4, 0.5) is 5.95 Å². The molecule has 0 bridgehead atoms. The molecule has 0 spiro atoms. The lowest BCUT2D eigenvalue weighted by Gasteiger charge is -2.01. The highest BCUT2D eigenvalue weighted by Gasteiger charge is 2.26. The second-order valence-electron chi connectivity index (χ2n) is 3.53. The average molecular weight is 237 g/mol. The van der Waals surface area contributed by atoms with Crippen LogP contribution < -0.4 is 10.3 Å². The standard InChI is InChI=1S/C9H7N3O3S/c13-8-6-3-1-2-4-7(6)10-9-11-16(14,15)5-12(8)9/h1-4H,5H2,(H,10,11). The van der Waals surface area contributed by atoms with Crippen LogP contribution in [0, 0.1) is 0 Å². The number of rotatable bonds is 0. The lowest BCUT2D eigenvalue weighted by molar-refractivity contribution is 0.595. The number of benzene rings is 1. The number of anilines is 1. The summed E-state index contributed by atoms with van der Waals surface area (Å²) in [5, 5.41) is 0.421. The zero-order valence-corrected chi connectivity index (χ0v) is 8.86. The van der Waals surface area contributed by atoms with Crippen molar-refractivity contribution in [2.45, 2.75) is 5.88 Å². The third-order valence-corrected chi connectivity index (χ3v) is 3.50. The summed E-state index contributed by atoms with van der Waals surface area (Å²) >= 11 is 0. The summed E-state index contributed by atoms with van der Waals surface area (Å²) in [5.41, 5.74) is 0.150. The Morgan fingerprint density at radius 3 is 2.88 bits per heavy atom. The quantitative estimate of drug-likeness (QED) is 0.705. The van der Waals surface area contributed by atoms with Crippen LogP contribution in [-0.2, 0) is 15.9 Å². The third-order valence-electron chi connectivity index (χ3n) is 2.41. The van der Waals surface area contributed by atoms with Gasteiger partial charge in [-0.15, -0.1) is 0 Å². The molecular weight excluding hydrogens is 230 g/mol. The third kappa shape index (κ3) is 1.21. The van der Waals surface area contributed by atoms with Crippen molar-refractivity contribution >= 4 is 26.9 Å². The number of aromatic nitrogens is 2. The first-order chi connectivity index (χ1) is 7.57. The van der Waals surface area contributed by atoms with Crippen molar-refractivity contribution in [3.8, 4) is 0 Å². The molecule has 0 radical (unpaired) electrons. The van der Waals surface area contributed by atoms with Crippen LogP contribution in [0.1, 0.15) is 0 Å². The van der Waals surface area contributed by atoms with Gasteiger partial charge in [-0.05, 0) is 12.1 Å². The smallest absolute Gasteiger partial charge is 0.263 e. The molecule has 1 aliphatic rings. The van der Waals surface area contributed by atoms with Crippen LogP contribution in [0.25, 0.3) is 10.9 Å². The van der Waals surface area contributed by atoms with Crippen LogP contribution in [-0.4, -0.2) is 18.0 Å². The van der Waals surface area contributed by atoms with Crippen LogP contribution in [0.15, 0.2) is 29.1 Å². The molecule has 1 N–H and O–H groups in total. The van der Waals surface area contributed by atoms with Crippen molar-refractivity contribution in [1.82, 2.24) is 9.55 Å².